The molecule has 12 heavy (non-hydrogen) atoms. The van der Waals surface area contributed by atoms with Crippen molar-refractivity contribution in [2.75, 3.05) is 0 Å². The molecule has 66 valence electrons. The van der Waals surface area contributed by atoms with Gasteiger partial charge in [-0.1, -0.05) is 19.8 Å². The van der Waals surface area contributed by atoms with E-state index in [0.29, 0.717) is 0 Å². The van der Waals surface area contributed by atoms with E-state index in [-0.39, 0.29) is 5.69 Å². The van der Waals surface area contributed by atoms with E-state index in [9.17, 15) is 4.79 Å². The van der Waals surface area contributed by atoms with Gasteiger partial charge in [-0.3, -0.25) is 4.57 Å². The Labute approximate surface area is 71.3 Å². The van der Waals surface area contributed by atoms with Gasteiger partial charge < -0.3 is 0 Å². The SMILES string of the molecule is CCCCCn1cncnc1=O. The van der Waals surface area contributed by atoms with Crippen LogP contribution in [0.3, 0.4) is 0 Å². The topological polar surface area (TPSA) is 47.8 Å². The van der Waals surface area contributed by atoms with Crippen molar-refractivity contribution in [3.8, 4) is 0 Å². The Hall–Kier alpha value is -1.19. The van der Waals surface area contributed by atoms with Gasteiger partial charge in [0.05, 0.1) is 0 Å². The van der Waals surface area contributed by atoms with Crippen LogP contribution in [0.2, 0.25) is 0 Å². The second-order valence-electron chi connectivity index (χ2n) is 2.69. The first-order valence-corrected chi connectivity index (χ1v) is 4.21. The van der Waals surface area contributed by atoms with Crippen molar-refractivity contribution in [3.05, 3.63) is 23.1 Å². The van der Waals surface area contributed by atoms with Crippen molar-refractivity contribution in [1.29, 1.82) is 0 Å². The molecule has 0 spiro atoms. The minimum atomic E-state index is -0.207. The maximum absolute atomic E-state index is 11.0. The summed E-state index contributed by atoms with van der Waals surface area (Å²) in [6, 6.07) is 0. The van der Waals surface area contributed by atoms with Crippen LogP contribution in [0.25, 0.3) is 0 Å². The largest absolute Gasteiger partial charge is 0.350 e. The van der Waals surface area contributed by atoms with Gasteiger partial charge >= 0.3 is 5.69 Å². The van der Waals surface area contributed by atoms with Gasteiger partial charge in [0.1, 0.15) is 12.7 Å². The molecule has 0 saturated carbocycles. The van der Waals surface area contributed by atoms with E-state index in [1.807, 2.05) is 0 Å². The first kappa shape index (κ1) is 8.90. The summed E-state index contributed by atoms with van der Waals surface area (Å²) in [6.07, 6.45) is 6.12. The number of nitrogens with zero attached hydrogens (tertiary/aromatic N) is 3. The van der Waals surface area contributed by atoms with Crippen LogP contribution >= 0.6 is 0 Å². The third kappa shape index (κ3) is 2.45. The maximum atomic E-state index is 11.0. The molecule has 1 heterocycles. The molecular weight excluding hydrogens is 154 g/mol. The average molecular weight is 167 g/mol. The summed E-state index contributed by atoms with van der Waals surface area (Å²) in [5.41, 5.74) is -0.207. The van der Waals surface area contributed by atoms with Crippen LogP contribution in [-0.2, 0) is 6.54 Å². The summed E-state index contributed by atoms with van der Waals surface area (Å²) in [5.74, 6) is 0. The number of unbranched alkanes of at least 4 members (excludes halogenated alkanes) is 2. The summed E-state index contributed by atoms with van der Waals surface area (Å²) < 4.78 is 1.54. The zero-order valence-corrected chi connectivity index (χ0v) is 7.23. The van der Waals surface area contributed by atoms with Gasteiger partial charge in [0.25, 0.3) is 0 Å². The van der Waals surface area contributed by atoms with Gasteiger partial charge in [-0.2, -0.15) is 4.98 Å². The molecule has 0 atom stereocenters. The molecule has 0 bridgehead atoms. The highest BCUT2D eigenvalue weighted by molar-refractivity contribution is 4.65. The lowest BCUT2D eigenvalue weighted by Gasteiger charge is -2.00. The summed E-state index contributed by atoms with van der Waals surface area (Å²) in [7, 11) is 0. The lowest BCUT2D eigenvalue weighted by atomic mass is 10.2. The Balaban J connectivity index is 2.52. The molecule has 0 fully saturated rings. The molecule has 0 aliphatic carbocycles. The minimum Gasteiger partial charge on any atom is -0.283 e. The Morgan fingerprint density at radius 1 is 1.50 bits per heavy atom. The van der Waals surface area contributed by atoms with E-state index in [1.54, 1.807) is 0 Å². The molecular formula is C8H13N3O. The zero-order chi connectivity index (χ0) is 8.81. The molecule has 1 rings (SSSR count). The molecule has 0 N–H and O–H groups in total. The van der Waals surface area contributed by atoms with Crippen molar-refractivity contribution in [3.63, 3.8) is 0 Å². The smallest absolute Gasteiger partial charge is 0.283 e. The second kappa shape index (κ2) is 4.64. The van der Waals surface area contributed by atoms with Gasteiger partial charge in [0.15, 0.2) is 0 Å². The van der Waals surface area contributed by atoms with Crippen molar-refractivity contribution in [2.45, 2.75) is 32.7 Å². The van der Waals surface area contributed by atoms with Crippen LogP contribution in [-0.4, -0.2) is 14.5 Å². The summed E-state index contributed by atoms with van der Waals surface area (Å²) in [4.78, 5) is 18.4. The molecule has 0 aromatic carbocycles. The van der Waals surface area contributed by atoms with Crippen molar-refractivity contribution in [2.24, 2.45) is 0 Å². The van der Waals surface area contributed by atoms with Crippen LogP contribution in [0.15, 0.2) is 17.4 Å². The van der Waals surface area contributed by atoms with Gasteiger partial charge in [0, 0.05) is 6.54 Å². The fourth-order valence-corrected chi connectivity index (χ4v) is 1.00. The zero-order valence-electron chi connectivity index (χ0n) is 7.23. The quantitative estimate of drug-likeness (QED) is 0.624. The summed E-state index contributed by atoms with van der Waals surface area (Å²) in [6.45, 7) is 2.86. The Morgan fingerprint density at radius 3 is 3.00 bits per heavy atom. The van der Waals surface area contributed by atoms with E-state index in [0.717, 1.165) is 25.8 Å². The highest BCUT2D eigenvalue weighted by atomic mass is 16.1. The molecule has 1 aromatic rings. The molecule has 0 unspecified atom stereocenters. The van der Waals surface area contributed by atoms with Crippen LogP contribution < -0.4 is 5.69 Å². The predicted octanol–water partition coefficient (Wildman–Crippen LogP) is 0.828. The number of rotatable bonds is 4. The van der Waals surface area contributed by atoms with Crippen LogP contribution in [0, 0.1) is 0 Å². The Kier molecular flexibility index (Phi) is 3.44. The van der Waals surface area contributed by atoms with Crippen LogP contribution in [0.1, 0.15) is 26.2 Å². The van der Waals surface area contributed by atoms with Crippen molar-refractivity contribution in [1.82, 2.24) is 14.5 Å². The van der Waals surface area contributed by atoms with Crippen LogP contribution in [0.4, 0.5) is 0 Å². The molecule has 0 saturated heterocycles. The van der Waals surface area contributed by atoms with Crippen molar-refractivity contribution >= 4 is 0 Å². The van der Waals surface area contributed by atoms with Crippen LogP contribution in [0.5, 0.6) is 0 Å². The molecule has 0 radical (unpaired) electrons. The fourth-order valence-electron chi connectivity index (χ4n) is 1.00. The molecule has 1 aromatic heterocycles. The summed E-state index contributed by atoms with van der Waals surface area (Å²) >= 11 is 0. The fraction of sp³-hybridized carbons (Fsp3) is 0.625. The van der Waals surface area contributed by atoms with Gasteiger partial charge in [0.2, 0.25) is 0 Å². The first-order valence-electron chi connectivity index (χ1n) is 4.21. The minimum absolute atomic E-state index is 0.207. The third-order valence-electron chi connectivity index (χ3n) is 1.69. The molecule has 0 aliphatic heterocycles. The molecule has 0 aliphatic rings. The molecule has 4 nitrogen and oxygen atoms in total. The second-order valence-corrected chi connectivity index (χ2v) is 2.69. The van der Waals surface area contributed by atoms with E-state index in [4.69, 9.17) is 0 Å². The Bertz CT molecular complexity index is 282. The standard InChI is InChI=1S/C8H13N3O/c1-2-3-4-5-11-7-9-6-10-8(11)12/h6-7H,2-5H2,1H3. The average Bonchev–Trinajstić information content (AvgIpc) is 2.09. The number of aromatic nitrogens is 3. The highest BCUT2D eigenvalue weighted by Crippen LogP contribution is 1.94. The normalized spacial score (nSPS) is 10.1. The van der Waals surface area contributed by atoms with E-state index >= 15 is 0 Å². The highest BCUT2D eigenvalue weighted by Gasteiger charge is 1.93. The number of hydrogen-bond acceptors (Lipinski definition) is 3. The van der Waals surface area contributed by atoms with Gasteiger partial charge in [-0.05, 0) is 6.42 Å². The van der Waals surface area contributed by atoms with Crippen molar-refractivity contribution < 1.29 is 0 Å². The van der Waals surface area contributed by atoms with E-state index in [2.05, 4.69) is 16.9 Å². The monoisotopic (exact) mass is 167 g/mol. The number of hydrogen-bond donors (Lipinski definition) is 0. The van der Waals surface area contributed by atoms with Gasteiger partial charge in [-0.25, -0.2) is 9.78 Å². The summed E-state index contributed by atoms with van der Waals surface area (Å²) in [5, 5.41) is 0. The number of aryl methyl sites for hydroxylation is 1. The van der Waals surface area contributed by atoms with E-state index in [1.165, 1.54) is 17.2 Å². The predicted molar refractivity (Wildman–Crippen MR) is 45.8 cm³/mol. The first-order chi connectivity index (χ1) is 5.84. The lowest BCUT2D eigenvalue weighted by molar-refractivity contribution is 0.566. The van der Waals surface area contributed by atoms with Gasteiger partial charge in [-0.15, -0.1) is 0 Å². The van der Waals surface area contributed by atoms with E-state index < -0.39 is 0 Å². The third-order valence-corrected chi connectivity index (χ3v) is 1.69. The molecule has 0 amide bonds. The lowest BCUT2D eigenvalue weighted by Crippen LogP contribution is -2.22. The molecule has 4 heteroatoms. The Morgan fingerprint density at radius 2 is 2.33 bits per heavy atom. The maximum Gasteiger partial charge on any atom is 0.350 e.